The van der Waals surface area contributed by atoms with Gasteiger partial charge < -0.3 is 10.0 Å². The van der Waals surface area contributed by atoms with E-state index in [-0.39, 0.29) is 17.2 Å². The minimum Gasteiger partial charge on any atom is -0.503 e. The summed E-state index contributed by atoms with van der Waals surface area (Å²) >= 11 is 0. The molecule has 2 rings (SSSR count). The summed E-state index contributed by atoms with van der Waals surface area (Å²) in [7, 11) is 0. The lowest BCUT2D eigenvalue weighted by molar-refractivity contribution is -0.129. The molecule has 1 aliphatic heterocycles. The largest absolute Gasteiger partial charge is 0.503 e. The molecule has 1 atom stereocenters. The number of Topliss-reactive ketones (excluding diaryl/α,β-unsaturated/α-hetero) is 1. The second-order valence-electron chi connectivity index (χ2n) is 5.83. The second kappa shape index (κ2) is 7.40. The number of rotatable bonds is 7. The lowest BCUT2D eigenvalue weighted by Crippen LogP contribution is -2.32. The molecule has 0 spiro atoms. The van der Waals surface area contributed by atoms with Gasteiger partial charge in [-0.2, -0.15) is 0 Å². The van der Waals surface area contributed by atoms with Gasteiger partial charge in [0.25, 0.3) is 5.91 Å². The van der Waals surface area contributed by atoms with Crippen LogP contribution in [0.5, 0.6) is 0 Å². The molecule has 0 saturated carbocycles. The molecule has 0 bridgehead atoms. The van der Waals surface area contributed by atoms with E-state index >= 15 is 0 Å². The fraction of sp³-hybridized carbons (Fsp3) is 0.444. The molecule has 1 aliphatic rings. The maximum absolute atomic E-state index is 13.2. The van der Waals surface area contributed by atoms with Crippen LogP contribution in [-0.4, -0.2) is 28.2 Å². The smallest absolute Gasteiger partial charge is 0.290 e. The van der Waals surface area contributed by atoms with E-state index in [0.29, 0.717) is 12.1 Å². The van der Waals surface area contributed by atoms with Gasteiger partial charge >= 0.3 is 0 Å². The van der Waals surface area contributed by atoms with E-state index in [4.69, 9.17) is 0 Å². The monoisotopic (exact) mass is 319 g/mol. The van der Waals surface area contributed by atoms with Gasteiger partial charge in [0.2, 0.25) is 0 Å². The maximum atomic E-state index is 13.2. The van der Waals surface area contributed by atoms with Crippen molar-refractivity contribution < 1.29 is 19.1 Å². The third-order valence-corrected chi connectivity index (χ3v) is 4.12. The summed E-state index contributed by atoms with van der Waals surface area (Å²) in [4.78, 5) is 25.7. The number of carbonyl (C=O) groups is 2. The van der Waals surface area contributed by atoms with Gasteiger partial charge in [-0.15, -0.1) is 0 Å². The molecule has 1 heterocycles. The summed E-state index contributed by atoms with van der Waals surface area (Å²) < 4.78 is 13.2. The zero-order valence-electron chi connectivity index (χ0n) is 13.5. The van der Waals surface area contributed by atoms with Gasteiger partial charge in [-0.1, -0.05) is 38.3 Å². The van der Waals surface area contributed by atoms with Gasteiger partial charge in [0.15, 0.2) is 11.5 Å². The van der Waals surface area contributed by atoms with Crippen LogP contribution in [0.25, 0.3) is 0 Å². The maximum Gasteiger partial charge on any atom is 0.290 e. The first-order valence-electron chi connectivity index (χ1n) is 7.97. The highest BCUT2D eigenvalue weighted by Gasteiger charge is 2.41. The van der Waals surface area contributed by atoms with E-state index in [0.717, 1.165) is 25.7 Å². The first kappa shape index (κ1) is 17.2. The number of halogens is 1. The van der Waals surface area contributed by atoms with Crippen molar-refractivity contribution >= 4 is 11.7 Å². The van der Waals surface area contributed by atoms with Gasteiger partial charge in [0.05, 0.1) is 11.6 Å². The highest BCUT2D eigenvalue weighted by Crippen LogP contribution is 2.37. The molecule has 1 aromatic rings. The predicted molar refractivity (Wildman–Crippen MR) is 85.3 cm³/mol. The van der Waals surface area contributed by atoms with Crippen molar-refractivity contribution in [3.63, 3.8) is 0 Å². The molecule has 0 radical (unpaired) electrons. The molecular weight excluding hydrogens is 297 g/mol. The molecule has 0 saturated heterocycles. The lowest BCUT2D eigenvalue weighted by atomic mass is 9.96. The van der Waals surface area contributed by atoms with Crippen LogP contribution in [0.15, 0.2) is 35.6 Å². The Morgan fingerprint density at radius 1 is 1.22 bits per heavy atom. The number of benzene rings is 1. The Labute approximate surface area is 135 Å². The third-order valence-electron chi connectivity index (χ3n) is 4.12. The van der Waals surface area contributed by atoms with E-state index in [1.807, 2.05) is 0 Å². The van der Waals surface area contributed by atoms with Gasteiger partial charge in [-0.3, -0.25) is 9.59 Å². The molecule has 1 amide bonds. The number of hydrogen-bond donors (Lipinski definition) is 1. The normalized spacial score (nSPS) is 18.0. The summed E-state index contributed by atoms with van der Waals surface area (Å²) in [6.07, 6.45) is 3.93. The van der Waals surface area contributed by atoms with Crippen molar-refractivity contribution in [2.75, 3.05) is 6.54 Å². The summed E-state index contributed by atoms with van der Waals surface area (Å²) in [6.45, 7) is 3.89. The van der Waals surface area contributed by atoms with E-state index < -0.39 is 17.7 Å². The molecule has 1 N–H and O–H groups in total. The Kier molecular flexibility index (Phi) is 5.53. The van der Waals surface area contributed by atoms with Crippen LogP contribution in [0.4, 0.5) is 4.39 Å². The first-order chi connectivity index (χ1) is 11.0. The number of aliphatic hydroxyl groups excluding tert-OH is 1. The van der Waals surface area contributed by atoms with Crippen LogP contribution in [0, 0.1) is 5.82 Å². The zero-order chi connectivity index (χ0) is 17.0. The first-order valence-corrected chi connectivity index (χ1v) is 7.97. The Hall–Kier alpha value is -2.17. The Balaban J connectivity index is 2.31. The highest BCUT2D eigenvalue weighted by molar-refractivity contribution is 6.08. The quantitative estimate of drug-likeness (QED) is 0.780. The highest BCUT2D eigenvalue weighted by atomic mass is 19.1. The van der Waals surface area contributed by atoms with E-state index in [2.05, 4.69) is 6.92 Å². The van der Waals surface area contributed by atoms with Crippen molar-refractivity contribution in [2.45, 2.75) is 45.6 Å². The summed E-state index contributed by atoms with van der Waals surface area (Å²) in [5, 5.41) is 10.1. The Morgan fingerprint density at radius 2 is 1.87 bits per heavy atom. The average molecular weight is 319 g/mol. The molecule has 23 heavy (non-hydrogen) atoms. The molecule has 0 aliphatic carbocycles. The van der Waals surface area contributed by atoms with Crippen molar-refractivity contribution in [3.8, 4) is 0 Å². The fourth-order valence-electron chi connectivity index (χ4n) is 2.94. The zero-order valence-corrected chi connectivity index (χ0v) is 13.5. The molecule has 4 nitrogen and oxygen atoms in total. The lowest BCUT2D eigenvalue weighted by Gasteiger charge is -2.26. The molecule has 1 aromatic carbocycles. The summed E-state index contributed by atoms with van der Waals surface area (Å²) in [5.74, 6) is -1.74. The fourth-order valence-corrected chi connectivity index (χ4v) is 2.94. The topological polar surface area (TPSA) is 57.6 Å². The molecule has 124 valence electrons. The van der Waals surface area contributed by atoms with Gasteiger partial charge in [-0.05, 0) is 31.0 Å². The number of amides is 1. The second-order valence-corrected chi connectivity index (χ2v) is 5.83. The standard InChI is InChI=1S/C18H22FNO3/c1-3-4-5-6-11-20-16(13-7-9-14(19)10-8-13)15(12(2)21)17(22)18(20)23/h7-10,16,22H,3-6,11H2,1-2H3/t16-/m0/s1. The van der Waals surface area contributed by atoms with Crippen molar-refractivity contribution in [2.24, 2.45) is 0 Å². The van der Waals surface area contributed by atoms with Gasteiger partial charge in [0.1, 0.15) is 5.82 Å². The molecular formula is C18H22FNO3. The summed E-state index contributed by atoms with van der Waals surface area (Å²) in [6, 6.07) is 5.05. The minimum atomic E-state index is -0.637. The van der Waals surface area contributed by atoms with E-state index in [9.17, 15) is 19.1 Å². The number of ketones is 1. The van der Waals surface area contributed by atoms with Crippen molar-refractivity contribution in [1.82, 2.24) is 4.90 Å². The predicted octanol–water partition coefficient (Wildman–Crippen LogP) is 3.69. The minimum absolute atomic E-state index is 0.0945. The van der Waals surface area contributed by atoms with Crippen LogP contribution in [0.2, 0.25) is 0 Å². The van der Waals surface area contributed by atoms with Crippen molar-refractivity contribution in [1.29, 1.82) is 0 Å². The average Bonchev–Trinajstić information content (AvgIpc) is 2.77. The van der Waals surface area contributed by atoms with Crippen molar-refractivity contribution in [3.05, 3.63) is 47.0 Å². The Bertz CT molecular complexity index is 622. The number of unbranched alkanes of at least 4 members (excludes halogenated alkanes) is 3. The van der Waals surface area contributed by atoms with Crippen LogP contribution in [0.1, 0.15) is 51.1 Å². The number of aliphatic hydroxyl groups is 1. The number of carbonyl (C=O) groups excluding carboxylic acids is 2. The Morgan fingerprint density at radius 3 is 2.43 bits per heavy atom. The van der Waals surface area contributed by atoms with Gasteiger partial charge in [-0.25, -0.2) is 4.39 Å². The summed E-state index contributed by atoms with van der Waals surface area (Å²) in [5.41, 5.74) is 0.724. The van der Waals surface area contributed by atoms with E-state index in [1.54, 1.807) is 12.1 Å². The van der Waals surface area contributed by atoms with Crippen LogP contribution >= 0.6 is 0 Å². The molecule has 5 heteroatoms. The van der Waals surface area contributed by atoms with Crippen LogP contribution in [-0.2, 0) is 9.59 Å². The number of hydrogen-bond acceptors (Lipinski definition) is 3. The molecule has 0 aromatic heterocycles. The third kappa shape index (κ3) is 3.60. The molecule has 0 unspecified atom stereocenters. The van der Waals surface area contributed by atoms with E-state index in [1.165, 1.54) is 24.0 Å². The van der Waals surface area contributed by atoms with Crippen LogP contribution < -0.4 is 0 Å². The molecule has 0 fully saturated rings. The number of nitrogens with zero attached hydrogens (tertiary/aromatic N) is 1. The van der Waals surface area contributed by atoms with Gasteiger partial charge in [0, 0.05) is 6.54 Å². The van der Waals surface area contributed by atoms with Crippen LogP contribution in [0.3, 0.4) is 0 Å². The SMILES string of the molecule is CCCCCCN1C(=O)C(O)=C(C(C)=O)[C@@H]1c1ccc(F)cc1.